The Morgan fingerprint density at radius 1 is 1.19 bits per heavy atom. The molecule has 0 amide bonds. The molecule has 0 spiro atoms. The lowest BCUT2D eigenvalue weighted by molar-refractivity contribution is 0.00578. The van der Waals surface area contributed by atoms with E-state index in [1.165, 1.54) is 13.2 Å². The van der Waals surface area contributed by atoms with E-state index in [9.17, 15) is 13.7 Å². The number of nitrogens with zero attached hydrogens (tertiary/aromatic N) is 1. The Bertz CT molecular complexity index is 856. The maximum Gasteiger partial charge on any atom is 0.494 e. The van der Waals surface area contributed by atoms with Crippen LogP contribution in [0.4, 0.5) is 0 Å². The van der Waals surface area contributed by atoms with Crippen molar-refractivity contribution < 1.29 is 22.5 Å². The number of rotatable bonds is 5. The molecule has 9 heteroatoms. The third-order valence-corrected chi connectivity index (χ3v) is 6.85. The number of benzene rings is 1. The van der Waals surface area contributed by atoms with E-state index in [1.807, 2.05) is 33.8 Å². The zero-order valence-electron chi connectivity index (χ0n) is 15.6. The zero-order chi connectivity index (χ0) is 19.4. The summed E-state index contributed by atoms with van der Waals surface area (Å²) in [5.74, 6) is 0.200. The monoisotopic (exact) mass is 378 g/mol. The van der Waals surface area contributed by atoms with Gasteiger partial charge in [-0.05, 0) is 58.1 Å². The third kappa shape index (κ3) is 3.23. The Kier molecular flexibility index (Phi) is 4.39. The number of hydrogen-bond acceptors (Lipinski definition) is 6. The van der Waals surface area contributed by atoms with Crippen LogP contribution in [-0.2, 0) is 19.3 Å². The molecule has 2 fully saturated rings. The Labute approximate surface area is 154 Å². The Hall–Kier alpha value is -1.60. The van der Waals surface area contributed by atoms with Crippen molar-refractivity contribution in [3.8, 4) is 11.8 Å². The third-order valence-electron chi connectivity index (χ3n) is 5.30. The summed E-state index contributed by atoms with van der Waals surface area (Å²) in [6.07, 6.45) is 1.00. The first-order chi connectivity index (χ1) is 12.0. The molecule has 7 nitrogen and oxygen atoms in total. The number of sulfonamides is 1. The van der Waals surface area contributed by atoms with E-state index >= 15 is 0 Å². The van der Waals surface area contributed by atoms with E-state index in [-0.39, 0.29) is 10.6 Å². The SMILES string of the molecule is COc1ccc(B2OC(C)(C)C(C)(C)O2)cc1S(=O)(=O)NC1(C#N)CC1. The number of methoxy groups -OCH3 is 1. The summed E-state index contributed by atoms with van der Waals surface area (Å²) in [4.78, 5) is -0.0336. The Balaban J connectivity index is 1.97. The van der Waals surface area contributed by atoms with E-state index in [4.69, 9.17) is 14.0 Å². The summed E-state index contributed by atoms with van der Waals surface area (Å²) >= 11 is 0. The minimum absolute atomic E-state index is 0.0336. The predicted molar refractivity (Wildman–Crippen MR) is 96.6 cm³/mol. The van der Waals surface area contributed by atoms with Crippen LogP contribution >= 0.6 is 0 Å². The summed E-state index contributed by atoms with van der Waals surface area (Å²) in [6, 6.07) is 6.80. The molecule has 26 heavy (non-hydrogen) atoms. The van der Waals surface area contributed by atoms with Gasteiger partial charge in [0.05, 0.1) is 24.4 Å². The van der Waals surface area contributed by atoms with Crippen LogP contribution in [0.15, 0.2) is 23.1 Å². The highest BCUT2D eigenvalue weighted by Gasteiger charge is 2.52. The Morgan fingerprint density at radius 3 is 2.23 bits per heavy atom. The van der Waals surface area contributed by atoms with E-state index in [0.29, 0.717) is 18.3 Å². The lowest BCUT2D eigenvalue weighted by atomic mass is 9.79. The van der Waals surface area contributed by atoms with Gasteiger partial charge in [-0.15, -0.1) is 0 Å². The van der Waals surface area contributed by atoms with Gasteiger partial charge in [-0.3, -0.25) is 0 Å². The molecule has 1 aliphatic heterocycles. The van der Waals surface area contributed by atoms with Crippen LogP contribution in [0.25, 0.3) is 0 Å². The maximum absolute atomic E-state index is 12.8. The van der Waals surface area contributed by atoms with Crippen molar-refractivity contribution in [3.05, 3.63) is 18.2 Å². The second-order valence-electron chi connectivity index (χ2n) is 7.80. The van der Waals surface area contributed by atoms with Crippen LogP contribution < -0.4 is 14.9 Å². The molecule has 2 aliphatic rings. The van der Waals surface area contributed by atoms with E-state index in [2.05, 4.69) is 4.72 Å². The largest absolute Gasteiger partial charge is 0.495 e. The standard InChI is InChI=1S/C17H23BN2O5S/c1-15(2)16(3,4)25-18(24-15)12-6-7-13(23-5)14(10-12)26(21,22)20-17(11-19)8-9-17/h6-7,10,20H,8-9H2,1-5H3. The summed E-state index contributed by atoms with van der Waals surface area (Å²) in [7, 11) is -3.21. The summed E-state index contributed by atoms with van der Waals surface area (Å²) < 4.78 is 45.3. The molecular formula is C17H23BN2O5S. The van der Waals surface area contributed by atoms with Crippen molar-refractivity contribution in [2.24, 2.45) is 0 Å². The van der Waals surface area contributed by atoms with E-state index in [1.54, 1.807) is 12.1 Å². The van der Waals surface area contributed by atoms with Crippen LogP contribution in [0.2, 0.25) is 0 Å². The van der Waals surface area contributed by atoms with Gasteiger partial charge in [0.25, 0.3) is 0 Å². The fourth-order valence-electron chi connectivity index (χ4n) is 2.70. The number of nitrogens with one attached hydrogen (secondary N) is 1. The maximum atomic E-state index is 12.8. The first-order valence-corrected chi connectivity index (χ1v) is 9.92. The molecule has 1 N–H and O–H groups in total. The minimum atomic E-state index is -3.93. The molecule has 1 saturated heterocycles. The highest BCUT2D eigenvalue weighted by Crippen LogP contribution is 2.38. The molecule has 1 aromatic carbocycles. The number of nitriles is 1. The van der Waals surface area contributed by atoms with Crippen molar-refractivity contribution in [3.63, 3.8) is 0 Å². The number of hydrogen-bond donors (Lipinski definition) is 1. The van der Waals surface area contributed by atoms with E-state index < -0.39 is 33.9 Å². The summed E-state index contributed by atoms with van der Waals surface area (Å²) in [6.45, 7) is 7.72. The first kappa shape index (κ1) is 19.2. The lowest BCUT2D eigenvalue weighted by Crippen LogP contribution is -2.41. The highest BCUT2D eigenvalue weighted by molar-refractivity contribution is 7.89. The molecule has 1 aliphatic carbocycles. The summed E-state index contributed by atoms with van der Waals surface area (Å²) in [5, 5.41) is 9.19. The predicted octanol–water partition coefficient (Wildman–Crippen LogP) is 1.33. The van der Waals surface area contributed by atoms with Gasteiger partial charge in [-0.2, -0.15) is 9.98 Å². The van der Waals surface area contributed by atoms with Crippen molar-refractivity contribution in [1.82, 2.24) is 4.72 Å². The molecule has 0 aromatic heterocycles. The molecule has 0 radical (unpaired) electrons. The normalized spacial score (nSPS) is 22.7. The average Bonchev–Trinajstić information content (AvgIpc) is 3.27. The fourth-order valence-corrected chi connectivity index (χ4v) is 4.28. The van der Waals surface area contributed by atoms with Gasteiger partial charge in [0.2, 0.25) is 10.0 Å². The topological polar surface area (TPSA) is 97.7 Å². The average molecular weight is 378 g/mol. The Morgan fingerprint density at radius 2 is 1.77 bits per heavy atom. The van der Waals surface area contributed by atoms with Crippen LogP contribution in [-0.4, -0.2) is 39.4 Å². The highest BCUT2D eigenvalue weighted by atomic mass is 32.2. The molecular weight excluding hydrogens is 355 g/mol. The van der Waals surface area contributed by atoms with Gasteiger partial charge in [0, 0.05) is 0 Å². The zero-order valence-corrected chi connectivity index (χ0v) is 16.4. The van der Waals surface area contributed by atoms with Gasteiger partial charge in [0.15, 0.2) is 0 Å². The van der Waals surface area contributed by atoms with Crippen LogP contribution in [0.1, 0.15) is 40.5 Å². The van der Waals surface area contributed by atoms with Crippen LogP contribution in [0, 0.1) is 11.3 Å². The number of ether oxygens (including phenoxy) is 1. The molecule has 1 saturated carbocycles. The van der Waals surface area contributed by atoms with Gasteiger partial charge < -0.3 is 14.0 Å². The quantitative estimate of drug-likeness (QED) is 0.777. The molecule has 0 atom stereocenters. The minimum Gasteiger partial charge on any atom is -0.495 e. The van der Waals surface area contributed by atoms with Crippen molar-refractivity contribution in [2.75, 3.05) is 7.11 Å². The first-order valence-electron chi connectivity index (χ1n) is 8.44. The molecule has 0 unspecified atom stereocenters. The molecule has 3 rings (SSSR count). The van der Waals surface area contributed by atoms with Crippen LogP contribution in [0.3, 0.4) is 0 Å². The molecule has 1 aromatic rings. The molecule has 1 heterocycles. The molecule has 140 valence electrons. The van der Waals surface area contributed by atoms with Crippen molar-refractivity contribution >= 4 is 22.6 Å². The summed E-state index contributed by atoms with van der Waals surface area (Å²) in [5.41, 5.74) is -1.50. The van der Waals surface area contributed by atoms with Gasteiger partial charge in [0.1, 0.15) is 16.2 Å². The van der Waals surface area contributed by atoms with Crippen molar-refractivity contribution in [1.29, 1.82) is 5.26 Å². The molecule has 0 bridgehead atoms. The second kappa shape index (κ2) is 5.96. The van der Waals surface area contributed by atoms with Gasteiger partial charge >= 0.3 is 7.12 Å². The van der Waals surface area contributed by atoms with Crippen molar-refractivity contribution in [2.45, 2.75) is 62.2 Å². The fraction of sp³-hybridized carbons (Fsp3) is 0.588. The smallest absolute Gasteiger partial charge is 0.494 e. The van der Waals surface area contributed by atoms with Gasteiger partial charge in [-0.1, -0.05) is 6.07 Å². The van der Waals surface area contributed by atoms with E-state index in [0.717, 1.165) is 0 Å². The second-order valence-corrected chi connectivity index (χ2v) is 9.45. The lowest BCUT2D eigenvalue weighted by Gasteiger charge is -2.32. The van der Waals surface area contributed by atoms with Crippen LogP contribution in [0.5, 0.6) is 5.75 Å². The van der Waals surface area contributed by atoms with Gasteiger partial charge in [-0.25, -0.2) is 8.42 Å².